The fourth-order valence-corrected chi connectivity index (χ4v) is 2.67. The third-order valence-corrected chi connectivity index (χ3v) is 4.16. The Labute approximate surface area is 104 Å². The monoisotopic (exact) mass is 282 g/mol. The van der Waals surface area contributed by atoms with Gasteiger partial charge in [0.25, 0.3) is 0 Å². The molecule has 1 unspecified atom stereocenters. The highest BCUT2D eigenvalue weighted by Crippen LogP contribution is 2.25. The maximum Gasteiger partial charge on any atom is 0.0981 e. The number of hydrogen-bond donors (Lipinski definition) is 0. The molecule has 5 heteroatoms. The molecule has 0 aromatic carbocycles. The van der Waals surface area contributed by atoms with Crippen LogP contribution in [0.4, 0.5) is 0 Å². The molecule has 2 rings (SSSR count). The zero-order valence-electron chi connectivity index (χ0n) is 9.57. The van der Waals surface area contributed by atoms with E-state index in [-0.39, 0.29) is 6.04 Å². The van der Waals surface area contributed by atoms with Crippen LogP contribution in [0.25, 0.3) is 0 Å². The Morgan fingerprint density at radius 2 is 2.38 bits per heavy atom. The summed E-state index contributed by atoms with van der Waals surface area (Å²) >= 11 is 3.56. The number of rotatable bonds is 2. The summed E-state index contributed by atoms with van der Waals surface area (Å²) < 4.78 is 2.96. The van der Waals surface area contributed by atoms with E-state index in [1.54, 1.807) is 0 Å². The molecule has 0 N–H and O–H groups in total. The molecule has 86 valence electrons. The van der Waals surface area contributed by atoms with Gasteiger partial charge in [0.05, 0.1) is 28.0 Å². The summed E-state index contributed by atoms with van der Waals surface area (Å²) in [5.74, 6) is 0. The third-order valence-electron chi connectivity index (χ3n) is 3.13. The number of halogens is 1. The Hall–Kier alpha value is -0.860. The Bertz CT molecular complexity index is 432. The Balaban J connectivity index is 2.18. The molecule has 1 aliphatic heterocycles. The molecule has 1 fully saturated rings. The molecular weight excluding hydrogens is 268 g/mol. The minimum atomic E-state index is 0.0714. The normalized spacial score (nSPS) is 21.2. The molecule has 0 amide bonds. The molecule has 0 saturated carbocycles. The minimum Gasteiger partial charge on any atom is -0.282 e. The van der Waals surface area contributed by atoms with Gasteiger partial charge in [0.2, 0.25) is 0 Å². The van der Waals surface area contributed by atoms with Gasteiger partial charge >= 0.3 is 0 Å². The van der Waals surface area contributed by atoms with Crippen molar-refractivity contribution < 1.29 is 0 Å². The first kappa shape index (κ1) is 11.6. The highest BCUT2D eigenvalue weighted by Gasteiger charge is 2.26. The molecule has 16 heavy (non-hydrogen) atoms. The highest BCUT2D eigenvalue weighted by molar-refractivity contribution is 9.10. The fraction of sp³-hybridized carbons (Fsp3) is 0.636. The lowest BCUT2D eigenvalue weighted by atomic mass is 10.2. The van der Waals surface area contributed by atoms with Gasteiger partial charge in [-0.3, -0.25) is 9.58 Å². The molecule has 2 heterocycles. The first-order valence-corrected chi connectivity index (χ1v) is 6.24. The van der Waals surface area contributed by atoms with Gasteiger partial charge in [0.15, 0.2) is 0 Å². The lowest BCUT2D eigenvalue weighted by Crippen LogP contribution is -2.28. The van der Waals surface area contributed by atoms with Crippen LogP contribution in [0.5, 0.6) is 0 Å². The van der Waals surface area contributed by atoms with Gasteiger partial charge in [0.1, 0.15) is 0 Å². The van der Waals surface area contributed by atoms with Gasteiger partial charge in [-0.15, -0.1) is 0 Å². The summed E-state index contributed by atoms with van der Waals surface area (Å²) in [7, 11) is 1.95. The Morgan fingerprint density at radius 3 is 2.94 bits per heavy atom. The number of hydrogen-bond acceptors (Lipinski definition) is 3. The van der Waals surface area contributed by atoms with Crippen LogP contribution in [-0.2, 0) is 13.6 Å². The van der Waals surface area contributed by atoms with Crippen LogP contribution < -0.4 is 0 Å². The first-order chi connectivity index (χ1) is 7.63. The molecule has 1 aliphatic rings. The minimum absolute atomic E-state index is 0.0714. The molecule has 1 saturated heterocycles. The van der Waals surface area contributed by atoms with Gasteiger partial charge in [-0.1, -0.05) is 0 Å². The summed E-state index contributed by atoms with van der Waals surface area (Å²) in [6.07, 6.45) is 2.11. The van der Waals surface area contributed by atoms with Crippen molar-refractivity contribution in [3.8, 4) is 6.07 Å². The summed E-state index contributed by atoms with van der Waals surface area (Å²) in [5.41, 5.74) is 2.16. The van der Waals surface area contributed by atoms with Gasteiger partial charge in [-0.2, -0.15) is 10.4 Å². The maximum atomic E-state index is 9.03. The second-order valence-corrected chi connectivity index (χ2v) is 5.02. The molecular formula is C11H15BrN4. The van der Waals surface area contributed by atoms with Gasteiger partial charge in [0, 0.05) is 13.6 Å². The van der Waals surface area contributed by atoms with Crippen molar-refractivity contribution in [3.63, 3.8) is 0 Å². The molecule has 0 aliphatic carbocycles. The van der Waals surface area contributed by atoms with E-state index in [9.17, 15) is 0 Å². The molecule has 0 radical (unpaired) electrons. The van der Waals surface area contributed by atoms with Gasteiger partial charge in [-0.25, -0.2) is 0 Å². The van der Waals surface area contributed by atoms with E-state index in [1.807, 2.05) is 18.7 Å². The zero-order valence-corrected chi connectivity index (χ0v) is 11.2. The van der Waals surface area contributed by atoms with Crippen LogP contribution in [0.1, 0.15) is 24.2 Å². The number of nitrogens with zero attached hydrogens (tertiary/aromatic N) is 4. The molecule has 1 aromatic rings. The number of nitriles is 1. The molecule has 1 aromatic heterocycles. The average molecular weight is 283 g/mol. The fourth-order valence-electron chi connectivity index (χ4n) is 2.21. The predicted octanol–water partition coefficient (Wildman–Crippen LogP) is 1.98. The van der Waals surface area contributed by atoms with Crippen LogP contribution in [0, 0.1) is 18.3 Å². The summed E-state index contributed by atoms with van der Waals surface area (Å²) in [4.78, 5) is 2.22. The zero-order chi connectivity index (χ0) is 11.7. The quantitative estimate of drug-likeness (QED) is 0.833. The van der Waals surface area contributed by atoms with Crippen molar-refractivity contribution in [1.82, 2.24) is 14.7 Å². The van der Waals surface area contributed by atoms with Crippen molar-refractivity contribution in [2.45, 2.75) is 32.4 Å². The topological polar surface area (TPSA) is 44.9 Å². The van der Waals surface area contributed by atoms with Crippen molar-refractivity contribution in [1.29, 1.82) is 5.26 Å². The van der Waals surface area contributed by atoms with Crippen LogP contribution in [0.3, 0.4) is 0 Å². The van der Waals surface area contributed by atoms with E-state index in [1.165, 1.54) is 0 Å². The van der Waals surface area contributed by atoms with E-state index in [0.29, 0.717) is 0 Å². The number of aryl methyl sites for hydroxylation is 2. The SMILES string of the molecule is Cc1nn(C)c(CN2CCCC2C#N)c1Br. The van der Waals surface area contributed by atoms with Crippen molar-refractivity contribution in [2.75, 3.05) is 6.54 Å². The Morgan fingerprint density at radius 1 is 1.62 bits per heavy atom. The number of aromatic nitrogens is 2. The lowest BCUT2D eigenvalue weighted by Gasteiger charge is -2.19. The third kappa shape index (κ3) is 2.00. The predicted molar refractivity (Wildman–Crippen MR) is 64.7 cm³/mol. The second-order valence-electron chi connectivity index (χ2n) is 4.23. The summed E-state index contributed by atoms with van der Waals surface area (Å²) in [5, 5.41) is 13.4. The standard InChI is InChI=1S/C11H15BrN4/c1-8-11(12)10(15(2)14-8)7-16-5-3-4-9(16)6-13/h9H,3-5,7H2,1-2H3. The van der Waals surface area contributed by atoms with E-state index in [4.69, 9.17) is 5.26 Å². The summed E-state index contributed by atoms with van der Waals surface area (Å²) in [6.45, 7) is 3.80. The van der Waals surface area contributed by atoms with Crippen LogP contribution >= 0.6 is 15.9 Å². The van der Waals surface area contributed by atoms with Crippen molar-refractivity contribution >= 4 is 15.9 Å². The van der Waals surface area contributed by atoms with E-state index in [0.717, 1.165) is 41.8 Å². The van der Waals surface area contributed by atoms with E-state index in [2.05, 4.69) is 32.0 Å². The van der Waals surface area contributed by atoms with E-state index >= 15 is 0 Å². The molecule has 0 spiro atoms. The second kappa shape index (κ2) is 4.56. The summed E-state index contributed by atoms with van der Waals surface area (Å²) in [6, 6.07) is 2.43. The Kier molecular flexibility index (Phi) is 3.31. The highest BCUT2D eigenvalue weighted by atomic mass is 79.9. The van der Waals surface area contributed by atoms with Gasteiger partial charge in [-0.05, 0) is 42.2 Å². The largest absolute Gasteiger partial charge is 0.282 e. The maximum absolute atomic E-state index is 9.03. The molecule has 0 bridgehead atoms. The lowest BCUT2D eigenvalue weighted by molar-refractivity contribution is 0.278. The molecule has 4 nitrogen and oxygen atoms in total. The smallest absolute Gasteiger partial charge is 0.0981 e. The van der Waals surface area contributed by atoms with Crippen LogP contribution in [0.2, 0.25) is 0 Å². The van der Waals surface area contributed by atoms with Gasteiger partial charge < -0.3 is 0 Å². The first-order valence-electron chi connectivity index (χ1n) is 5.45. The number of likely N-dealkylation sites (tertiary alicyclic amines) is 1. The van der Waals surface area contributed by atoms with Crippen molar-refractivity contribution in [3.05, 3.63) is 15.9 Å². The van der Waals surface area contributed by atoms with Crippen LogP contribution in [0.15, 0.2) is 4.47 Å². The van der Waals surface area contributed by atoms with Crippen LogP contribution in [-0.4, -0.2) is 27.3 Å². The molecule has 1 atom stereocenters. The van der Waals surface area contributed by atoms with E-state index < -0.39 is 0 Å². The average Bonchev–Trinajstić information content (AvgIpc) is 2.79. The van der Waals surface area contributed by atoms with Crippen molar-refractivity contribution in [2.24, 2.45) is 7.05 Å².